The Kier molecular flexibility index (Phi) is 4.24. The molecule has 5 nitrogen and oxygen atoms in total. The number of carbonyl (C=O) groups excluding carboxylic acids is 1. The summed E-state index contributed by atoms with van der Waals surface area (Å²) < 4.78 is 1.84. The lowest BCUT2D eigenvalue weighted by molar-refractivity contribution is -0.113. The first kappa shape index (κ1) is 17.2. The van der Waals surface area contributed by atoms with E-state index in [2.05, 4.69) is 46.5 Å². The molecule has 2 aliphatic rings. The highest BCUT2D eigenvalue weighted by atomic mass is 16.1. The molecule has 1 fully saturated rings. The van der Waals surface area contributed by atoms with Crippen molar-refractivity contribution < 1.29 is 4.79 Å². The maximum absolute atomic E-state index is 12.9. The number of rotatable bonds is 2. The van der Waals surface area contributed by atoms with Gasteiger partial charge in [0.15, 0.2) is 5.78 Å². The second-order valence-corrected chi connectivity index (χ2v) is 7.70. The van der Waals surface area contributed by atoms with Crippen molar-refractivity contribution >= 4 is 28.6 Å². The smallest absolute Gasteiger partial charge is 0.165 e. The number of Topliss-reactive ketones (excluding diaryl/α,β-unsaturated/α-hetero) is 1. The zero-order valence-electron chi connectivity index (χ0n) is 16.1. The van der Waals surface area contributed by atoms with Crippen LogP contribution in [0.25, 0.3) is 17.2 Å². The summed E-state index contributed by atoms with van der Waals surface area (Å²) in [5.74, 6) is 0.167. The second-order valence-electron chi connectivity index (χ2n) is 7.70. The lowest BCUT2D eigenvalue weighted by Gasteiger charge is -2.30. The van der Waals surface area contributed by atoms with Gasteiger partial charge in [0, 0.05) is 50.1 Å². The molecule has 0 bridgehead atoms. The summed E-state index contributed by atoms with van der Waals surface area (Å²) in [6.45, 7) is 6.16. The average molecular weight is 372 g/mol. The Balaban J connectivity index is 1.53. The predicted molar refractivity (Wildman–Crippen MR) is 113 cm³/mol. The molecular weight excluding hydrogens is 348 g/mol. The largest absolute Gasteiger partial charge is 0.369 e. The molecule has 1 aliphatic carbocycles. The summed E-state index contributed by atoms with van der Waals surface area (Å²) in [7, 11) is 0. The van der Waals surface area contributed by atoms with Crippen molar-refractivity contribution in [3.05, 3.63) is 65.0 Å². The van der Waals surface area contributed by atoms with E-state index in [9.17, 15) is 4.79 Å². The first-order valence-electron chi connectivity index (χ1n) is 9.97. The van der Waals surface area contributed by atoms with Crippen LogP contribution < -0.4 is 10.2 Å². The first-order valence-corrected chi connectivity index (χ1v) is 9.97. The van der Waals surface area contributed by atoms with Gasteiger partial charge in [0.1, 0.15) is 0 Å². The van der Waals surface area contributed by atoms with E-state index in [-0.39, 0.29) is 5.78 Å². The summed E-state index contributed by atoms with van der Waals surface area (Å²) in [4.78, 5) is 15.3. The van der Waals surface area contributed by atoms with Crippen LogP contribution in [0.15, 0.2) is 42.6 Å². The molecule has 5 rings (SSSR count). The molecule has 3 heterocycles. The van der Waals surface area contributed by atoms with E-state index in [0.717, 1.165) is 54.9 Å². The molecule has 0 saturated carbocycles. The summed E-state index contributed by atoms with van der Waals surface area (Å²) in [5, 5.41) is 8.04. The number of nitrogens with zero attached hydrogens (tertiary/aromatic N) is 3. The van der Waals surface area contributed by atoms with Crippen molar-refractivity contribution in [1.29, 1.82) is 0 Å². The van der Waals surface area contributed by atoms with Gasteiger partial charge in [-0.25, -0.2) is 4.52 Å². The molecule has 0 amide bonds. The maximum atomic E-state index is 12.9. The van der Waals surface area contributed by atoms with Gasteiger partial charge in [-0.05, 0) is 66.4 Å². The number of hydrogen-bond acceptors (Lipinski definition) is 4. The van der Waals surface area contributed by atoms with Crippen LogP contribution in [0.2, 0.25) is 0 Å². The number of nitrogens with one attached hydrogen (secondary N) is 1. The van der Waals surface area contributed by atoms with E-state index in [0.29, 0.717) is 6.42 Å². The van der Waals surface area contributed by atoms with Crippen LogP contribution >= 0.6 is 0 Å². The number of aromatic nitrogens is 2. The molecule has 1 aromatic carbocycles. The summed E-state index contributed by atoms with van der Waals surface area (Å²) in [6, 6.07) is 12.7. The Hall–Kier alpha value is -2.92. The highest BCUT2D eigenvalue weighted by molar-refractivity contribution is 6.25. The van der Waals surface area contributed by atoms with Gasteiger partial charge < -0.3 is 10.2 Å². The Morgan fingerprint density at radius 2 is 1.89 bits per heavy atom. The molecule has 142 valence electrons. The third-order valence-electron chi connectivity index (χ3n) is 5.73. The van der Waals surface area contributed by atoms with E-state index in [1.165, 1.54) is 16.8 Å². The van der Waals surface area contributed by atoms with Gasteiger partial charge in [0.25, 0.3) is 0 Å². The highest BCUT2D eigenvalue weighted by Gasteiger charge is 2.21. The third kappa shape index (κ3) is 3.12. The third-order valence-corrected chi connectivity index (χ3v) is 5.73. The van der Waals surface area contributed by atoms with E-state index < -0.39 is 0 Å². The minimum absolute atomic E-state index is 0.167. The van der Waals surface area contributed by atoms with Crippen LogP contribution in [0.4, 0.5) is 5.69 Å². The molecule has 0 spiro atoms. The number of anilines is 1. The van der Waals surface area contributed by atoms with Crippen LogP contribution in [0.3, 0.4) is 0 Å². The van der Waals surface area contributed by atoms with Crippen molar-refractivity contribution in [1.82, 2.24) is 14.9 Å². The molecule has 2 aromatic heterocycles. The number of piperazine rings is 1. The number of hydrogen-bond donors (Lipinski definition) is 1. The number of aryl methyl sites for hydroxylation is 2. The zero-order chi connectivity index (χ0) is 19.1. The van der Waals surface area contributed by atoms with Crippen molar-refractivity contribution in [2.75, 3.05) is 31.1 Å². The number of fused-ring (bicyclic) bond motifs is 2. The fourth-order valence-corrected chi connectivity index (χ4v) is 4.14. The Morgan fingerprint density at radius 3 is 2.75 bits per heavy atom. The van der Waals surface area contributed by atoms with Gasteiger partial charge in [0.05, 0.1) is 11.2 Å². The number of carbonyl (C=O) groups is 1. The average Bonchev–Trinajstić information content (AvgIpc) is 3.06. The van der Waals surface area contributed by atoms with Gasteiger partial charge >= 0.3 is 0 Å². The molecule has 3 aromatic rings. The molecule has 1 saturated heterocycles. The molecule has 0 radical (unpaired) electrons. The predicted octanol–water partition coefficient (Wildman–Crippen LogP) is 3.11. The summed E-state index contributed by atoms with van der Waals surface area (Å²) in [6.07, 6.45) is 5.28. The summed E-state index contributed by atoms with van der Waals surface area (Å²) >= 11 is 0. The second kappa shape index (κ2) is 6.91. The first-order chi connectivity index (χ1) is 13.7. The normalized spacial score (nSPS) is 17.4. The van der Waals surface area contributed by atoms with Crippen LogP contribution in [-0.4, -0.2) is 41.6 Å². The van der Waals surface area contributed by atoms with Crippen LogP contribution in [0.5, 0.6) is 0 Å². The molecule has 0 unspecified atom stereocenters. The maximum Gasteiger partial charge on any atom is 0.165 e. The molecule has 0 atom stereocenters. The number of ketones is 1. The number of benzene rings is 1. The minimum atomic E-state index is 0.167. The number of allylic oxidation sites excluding steroid dienone is 1. The SMILES string of the molecule is Cc1ccn2nc(C3=Cc4ccc(N5CCNCC5)cc4CCC3=O)cc2c1. The van der Waals surface area contributed by atoms with Crippen molar-refractivity contribution in [3.63, 3.8) is 0 Å². The van der Waals surface area contributed by atoms with Crippen molar-refractivity contribution in [3.8, 4) is 0 Å². The van der Waals surface area contributed by atoms with Gasteiger partial charge in [-0.2, -0.15) is 5.10 Å². The van der Waals surface area contributed by atoms with Gasteiger partial charge in [0.2, 0.25) is 0 Å². The van der Waals surface area contributed by atoms with Crippen molar-refractivity contribution in [2.24, 2.45) is 0 Å². The lowest BCUT2D eigenvalue weighted by atomic mass is 10.0. The Labute approximate surface area is 164 Å². The van der Waals surface area contributed by atoms with E-state index in [4.69, 9.17) is 0 Å². The Morgan fingerprint density at radius 1 is 1.04 bits per heavy atom. The lowest BCUT2D eigenvalue weighted by Crippen LogP contribution is -2.43. The van der Waals surface area contributed by atoms with E-state index >= 15 is 0 Å². The fraction of sp³-hybridized carbons (Fsp3) is 0.304. The van der Waals surface area contributed by atoms with E-state index in [1.54, 1.807) is 0 Å². The monoisotopic (exact) mass is 372 g/mol. The molecular formula is C23H24N4O. The molecule has 1 aliphatic heterocycles. The molecule has 1 N–H and O–H groups in total. The highest BCUT2D eigenvalue weighted by Crippen LogP contribution is 2.30. The van der Waals surface area contributed by atoms with Crippen LogP contribution in [0, 0.1) is 6.92 Å². The minimum Gasteiger partial charge on any atom is -0.369 e. The van der Waals surface area contributed by atoms with Gasteiger partial charge in [-0.1, -0.05) is 6.07 Å². The fourth-order valence-electron chi connectivity index (χ4n) is 4.14. The quantitative estimate of drug-likeness (QED) is 0.751. The van der Waals surface area contributed by atoms with E-state index in [1.807, 2.05) is 28.9 Å². The topological polar surface area (TPSA) is 49.6 Å². The standard InChI is InChI=1S/C23H24N4O/c1-16-6-9-27-20(12-16)15-22(25-27)21-14-18-2-4-19(26-10-7-24-8-11-26)13-17(18)3-5-23(21)28/h2,4,6,9,12-15,24H,3,5,7-8,10-11H2,1H3. The van der Waals surface area contributed by atoms with Gasteiger partial charge in [-0.3, -0.25) is 4.79 Å². The van der Waals surface area contributed by atoms with Crippen molar-refractivity contribution in [2.45, 2.75) is 19.8 Å². The van der Waals surface area contributed by atoms with Crippen LogP contribution in [0.1, 0.15) is 28.8 Å². The molecule has 5 heteroatoms. The summed E-state index contributed by atoms with van der Waals surface area (Å²) in [5.41, 5.74) is 7.32. The van der Waals surface area contributed by atoms with Crippen LogP contribution in [-0.2, 0) is 11.2 Å². The van der Waals surface area contributed by atoms with Gasteiger partial charge in [-0.15, -0.1) is 0 Å². The Bertz CT molecular complexity index is 1090. The molecule has 28 heavy (non-hydrogen) atoms. The number of pyridine rings is 1. The zero-order valence-corrected chi connectivity index (χ0v) is 16.1.